The molecular formula is C17H15Cl2NO3. The predicted molar refractivity (Wildman–Crippen MR) is 91.4 cm³/mol. The minimum atomic E-state index is -0.404. The van der Waals surface area contributed by atoms with Crippen LogP contribution in [0, 0.1) is 0 Å². The topological polar surface area (TPSA) is 55.4 Å². The van der Waals surface area contributed by atoms with Crippen LogP contribution >= 0.6 is 23.2 Å². The SMILES string of the molecule is CC(C)OC(=O)c1ccc(NC(=O)c2ccc(Cl)cc2Cl)cc1. The van der Waals surface area contributed by atoms with E-state index in [9.17, 15) is 9.59 Å². The Kier molecular flexibility index (Phi) is 5.64. The average molecular weight is 352 g/mol. The van der Waals surface area contributed by atoms with E-state index in [1.165, 1.54) is 6.07 Å². The third-order valence-electron chi connectivity index (χ3n) is 2.90. The summed E-state index contributed by atoms with van der Waals surface area (Å²) >= 11 is 11.8. The molecule has 0 atom stereocenters. The number of hydrogen-bond donors (Lipinski definition) is 1. The monoisotopic (exact) mass is 351 g/mol. The summed E-state index contributed by atoms with van der Waals surface area (Å²) in [5, 5.41) is 3.44. The molecule has 0 saturated heterocycles. The van der Waals surface area contributed by atoms with Crippen molar-refractivity contribution in [2.45, 2.75) is 20.0 Å². The van der Waals surface area contributed by atoms with Crippen molar-refractivity contribution in [3.8, 4) is 0 Å². The van der Waals surface area contributed by atoms with Gasteiger partial charge in [0.1, 0.15) is 0 Å². The summed E-state index contributed by atoms with van der Waals surface area (Å²) in [5.41, 5.74) is 1.28. The van der Waals surface area contributed by atoms with Crippen LogP contribution in [0.5, 0.6) is 0 Å². The highest BCUT2D eigenvalue weighted by Gasteiger charge is 2.12. The van der Waals surface area contributed by atoms with Crippen molar-refractivity contribution >= 4 is 40.8 Å². The Bertz CT molecular complexity index is 727. The number of amides is 1. The summed E-state index contributed by atoms with van der Waals surface area (Å²) in [5.74, 6) is -0.761. The molecule has 0 aliphatic heterocycles. The van der Waals surface area contributed by atoms with Gasteiger partial charge in [0.15, 0.2) is 0 Å². The molecule has 0 heterocycles. The molecule has 1 amide bonds. The van der Waals surface area contributed by atoms with Crippen molar-refractivity contribution in [1.82, 2.24) is 0 Å². The normalized spacial score (nSPS) is 10.5. The standard InChI is InChI=1S/C17H15Cl2NO3/c1-10(2)23-17(22)11-3-6-13(7-4-11)20-16(21)14-8-5-12(18)9-15(14)19/h3-10H,1-2H3,(H,20,21). The molecule has 2 aromatic carbocycles. The molecule has 0 radical (unpaired) electrons. The molecular weight excluding hydrogens is 337 g/mol. The van der Waals surface area contributed by atoms with Gasteiger partial charge in [-0.15, -0.1) is 0 Å². The van der Waals surface area contributed by atoms with Crippen molar-refractivity contribution in [3.63, 3.8) is 0 Å². The summed E-state index contributed by atoms with van der Waals surface area (Å²) in [6, 6.07) is 11.1. The molecule has 1 N–H and O–H groups in total. The van der Waals surface area contributed by atoms with Crippen LogP contribution in [0.1, 0.15) is 34.6 Å². The van der Waals surface area contributed by atoms with E-state index in [0.717, 1.165) is 0 Å². The van der Waals surface area contributed by atoms with Gasteiger partial charge < -0.3 is 10.1 Å². The zero-order valence-electron chi connectivity index (χ0n) is 12.6. The Balaban J connectivity index is 2.08. The van der Waals surface area contributed by atoms with Gasteiger partial charge in [0.25, 0.3) is 5.91 Å². The first-order valence-electron chi connectivity index (χ1n) is 6.94. The van der Waals surface area contributed by atoms with Crippen LogP contribution in [0.15, 0.2) is 42.5 Å². The van der Waals surface area contributed by atoms with Crippen LogP contribution < -0.4 is 5.32 Å². The number of carbonyl (C=O) groups excluding carboxylic acids is 2. The van der Waals surface area contributed by atoms with Crippen molar-refractivity contribution < 1.29 is 14.3 Å². The van der Waals surface area contributed by atoms with Crippen LogP contribution in [-0.4, -0.2) is 18.0 Å². The molecule has 2 rings (SSSR count). The number of ether oxygens (including phenoxy) is 1. The Labute approximate surface area is 144 Å². The van der Waals surface area contributed by atoms with Crippen LogP contribution in [0.2, 0.25) is 10.0 Å². The molecule has 23 heavy (non-hydrogen) atoms. The summed E-state index contributed by atoms with van der Waals surface area (Å²) in [4.78, 5) is 23.9. The fourth-order valence-electron chi connectivity index (χ4n) is 1.84. The second kappa shape index (κ2) is 7.49. The molecule has 0 spiro atoms. The van der Waals surface area contributed by atoms with E-state index >= 15 is 0 Å². The second-order valence-corrected chi connectivity index (χ2v) is 5.95. The van der Waals surface area contributed by atoms with Crippen LogP contribution in [0.3, 0.4) is 0 Å². The van der Waals surface area contributed by atoms with Gasteiger partial charge >= 0.3 is 5.97 Å². The van der Waals surface area contributed by atoms with Crippen molar-refractivity contribution in [2.75, 3.05) is 5.32 Å². The number of hydrogen-bond acceptors (Lipinski definition) is 3. The average Bonchev–Trinajstić information content (AvgIpc) is 2.47. The Hall–Kier alpha value is -2.04. The fraction of sp³-hybridized carbons (Fsp3) is 0.176. The maximum absolute atomic E-state index is 12.2. The number of esters is 1. The number of rotatable bonds is 4. The maximum atomic E-state index is 12.2. The highest BCUT2D eigenvalue weighted by atomic mass is 35.5. The van der Waals surface area contributed by atoms with Gasteiger partial charge in [0.05, 0.1) is 22.3 Å². The van der Waals surface area contributed by atoms with Gasteiger partial charge in [-0.25, -0.2) is 4.79 Å². The van der Waals surface area contributed by atoms with Gasteiger partial charge in [-0.1, -0.05) is 23.2 Å². The Morgan fingerprint density at radius 2 is 1.70 bits per heavy atom. The zero-order chi connectivity index (χ0) is 17.0. The molecule has 6 heteroatoms. The molecule has 0 saturated carbocycles. The lowest BCUT2D eigenvalue weighted by Crippen LogP contribution is -2.13. The molecule has 0 bridgehead atoms. The number of anilines is 1. The third-order valence-corrected chi connectivity index (χ3v) is 3.44. The second-order valence-electron chi connectivity index (χ2n) is 5.11. The van der Waals surface area contributed by atoms with Crippen molar-refractivity contribution in [3.05, 3.63) is 63.6 Å². The smallest absolute Gasteiger partial charge is 0.338 e. The lowest BCUT2D eigenvalue weighted by Gasteiger charge is -2.09. The minimum Gasteiger partial charge on any atom is -0.459 e. The minimum absolute atomic E-state index is 0.186. The molecule has 0 aromatic heterocycles. The molecule has 0 aliphatic carbocycles. The predicted octanol–water partition coefficient (Wildman–Crippen LogP) is 4.81. The first-order chi connectivity index (χ1) is 10.9. The lowest BCUT2D eigenvalue weighted by atomic mass is 10.2. The molecule has 120 valence electrons. The number of halogens is 2. The number of carbonyl (C=O) groups is 2. The fourth-order valence-corrected chi connectivity index (χ4v) is 2.34. The summed E-state index contributed by atoms with van der Waals surface area (Å²) < 4.78 is 5.10. The van der Waals surface area contributed by atoms with E-state index in [2.05, 4.69) is 5.32 Å². The quantitative estimate of drug-likeness (QED) is 0.804. The maximum Gasteiger partial charge on any atom is 0.338 e. The number of benzene rings is 2. The van der Waals surface area contributed by atoms with E-state index in [1.807, 2.05) is 0 Å². The van der Waals surface area contributed by atoms with Crippen LogP contribution in [-0.2, 0) is 4.74 Å². The molecule has 2 aromatic rings. The van der Waals surface area contributed by atoms with E-state index in [-0.39, 0.29) is 17.0 Å². The highest BCUT2D eigenvalue weighted by molar-refractivity contribution is 6.37. The molecule has 0 fully saturated rings. The summed E-state index contributed by atoms with van der Waals surface area (Å²) in [6.45, 7) is 3.56. The largest absolute Gasteiger partial charge is 0.459 e. The van der Waals surface area contributed by atoms with Gasteiger partial charge in [0, 0.05) is 10.7 Å². The van der Waals surface area contributed by atoms with Gasteiger partial charge in [-0.2, -0.15) is 0 Å². The molecule has 4 nitrogen and oxygen atoms in total. The number of nitrogens with one attached hydrogen (secondary N) is 1. The Morgan fingerprint density at radius 1 is 1.04 bits per heavy atom. The summed E-state index contributed by atoms with van der Waals surface area (Å²) in [7, 11) is 0. The van der Waals surface area contributed by atoms with Gasteiger partial charge in [0.2, 0.25) is 0 Å². The van der Waals surface area contributed by atoms with Crippen LogP contribution in [0.4, 0.5) is 5.69 Å². The first-order valence-corrected chi connectivity index (χ1v) is 7.70. The van der Waals surface area contributed by atoms with E-state index in [0.29, 0.717) is 21.8 Å². The van der Waals surface area contributed by atoms with Crippen molar-refractivity contribution in [2.24, 2.45) is 0 Å². The van der Waals surface area contributed by atoms with Crippen LogP contribution in [0.25, 0.3) is 0 Å². The lowest BCUT2D eigenvalue weighted by molar-refractivity contribution is 0.0378. The van der Waals surface area contributed by atoms with Gasteiger partial charge in [-0.05, 0) is 56.3 Å². The van der Waals surface area contributed by atoms with E-state index in [4.69, 9.17) is 27.9 Å². The third kappa shape index (κ3) is 4.71. The van der Waals surface area contributed by atoms with Crippen molar-refractivity contribution in [1.29, 1.82) is 0 Å². The Morgan fingerprint density at radius 3 is 2.26 bits per heavy atom. The van der Waals surface area contributed by atoms with Gasteiger partial charge in [-0.3, -0.25) is 4.79 Å². The molecule has 0 unspecified atom stereocenters. The van der Waals surface area contributed by atoms with E-state index < -0.39 is 5.97 Å². The van der Waals surface area contributed by atoms with E-state index in [1.54, 1.807) is 50.2 Å². The molecule has 0 aliphatic rings. The summed E-state index contributed by atoms with van der Waals surface area (Å²) in [6.07, 6.45) is -0.186. The zero-order valence-corrected chi connectivity index (χ0v) is 14.1. The first kappa shape index (κ1) is 17.3. The highest BCUT2D eigenvalue weighted by Crippen LogP contribution is 2.22.